The van der Waals surface area contributed by atoms with E-state index in [4.69, 9.17) is 5.11 Å². The summed E-state index contributed by atoms with van der Waals surface area (Å²) < 4.78 is 0. The molecule has 0 unspecified atom stereocenters. The van der Waals surface area contributed by atoms with Crippen molar-refractivity contribution in [3.05, 3.63) is 41.1 Å². The summed E-state index contributed by atoms with van der Waals surface area (Å²) in [5.74, 6) is -0.385. The van der Waals surface area contributed by atoms with Crippen LogP contribution in [0, 0.1) is 25.2 Å². The van der Waals surface area contributed by atoms with Gasteiger partial charge in [0.05, 0.1) is 6.61 Å². The Bertz CT molecular complexity index is 655. The molecular weight excluding hydrogens is 304 g/mol. The van der Waals surface area contributed by atoms with E-state index >= 15 is 0 Å². The third kappa shape index (κ3) is 4.57. The van der Waals surface area contributed by atoms with E-state index in [1.54, 1.807) is 6.20 Å². The minimum absolute atomic E-state index is 0.103. The fraction of sp³-hybridized carbons (Fsp3) is 0.444. The summed E-state index contributed by atoms with van der Waals surface area (Å²) in [4.78, 5) is 16.5. The topological polar surface area (TPSA) is 79.6 Å². The SMILES string of the molecule is Cc1cccc(NC(=O)/C(C#N)=C\N2CCN(CCO)CC2)c1C. The van der Waals surface area contributed by atoms with Crippen LogP contribution in [-0.2, 0) is 4.79 Å². The quantitative estimate of drug-likeness (QED) is 0.628. The molecule has 0 aromatic heterocycles. The number of amides is 1. The van der Waals surface area contributed by atoms with Crippen LogP contribution in [0.5, 0.6) is 0 Å². The van der Waals surface area contributed by atoms with E-state index in [9.17, 15) is 10.1 Å². The summed E-state index contributed by atoms with van der Waals surface area (Å²) in [6, 6.07) is 7.70. The number of hydrogen-bond acceptors (Lipinski definition) is 5. The second-order valence-corrected chi connectivity index (χ2v) is 5.96. The average Bonchev–Trinajstić information content (AvgIpc) is 2.58. The molecule has 0 radical (unpaired) electrons. The molecule has 6 heteroatoms. The van der Waals surface area contributed by atoms with Gasteiger partial charge in [-0.3, -0.25) is 9.69 Å². The molecule has 6 nitrogen and oxygen atoms in total. The van der Waals surface area contributed by atoms with Crippen LogP contribution in [0.1, 0.15) is 11.1 Å². The highest BCUT2D eigenvalue weighted by Gasteiger charge is 2.17. The molecule has 0 bridgehead atoms. The predicted octanol–water partition coefficient (Wildman–Crippen LogP) is 1.26. The number of nitrogens with one attached hydrogen (secondary N) is 1. The molecule has 1 aliphatic heterocycles. The molecule has 1 fully saturated rings. The van der Waals surface area contributed by atoms with Gasteiger partial charge in [0, 0.05) is 44.6 Å². The molecule has 128 valence electrons. The Balaban J connectivity index is 2.02. The highest BCUT2D eigenvalue weighted by atomic mass is 16.3. The standard InChI is InChI=1S/C18H24N4O2/c1-14-4-3-5-17(15(14)2)20-18(24)16(12-19)13-22-8-6-21(7-9-22)10-11-23/h3-5,13,23H,6-11H2,1-2H3,(H,20,24)/b16-13-. The van der Waals surface area contributed by atoms with Crippen molar-refractivity contribution >= 4 is 11.6 Å². The monoisotopic (exact) mass is 328 g/mol. The highest BCUT2D eigenvalue weighted by molar-refractivity contribution is 6.06. The van der Waals surface area contributed by atoms with Gasteiger partial charge >= 0.3 is 0 Å². The van der Waals surface area contributed by atoms with Gasteiger partial charge in [-0.2, -0.15) is 5.26 Å². The van der Waals surface area contributed by atoms with Crippen LogP contribution in [-0.4, -0.2) is 60.1 Å². The number of aliphatic hydroxyl groups is 1. The van der Waals surface area contributed by atoms with Crippen LogP contribution < -0.4 is 5.32 Å². The molecule has 2 rings (SSSR count). The van der Waals surface area contributed by atoms with E-state index in [-0.39, 0.29) is 18.1 Å². The summed E-state index contributed by atoms with van der Waals surface area (Å²) in [5, 5.41) is 21.1. The zero-order chi connectivity index (χ0) is 17.5. The Kier molecular flexibility index (Phi) is 6.36. The molecule has 1 saturated heterocycles. The fourth-order valence-electron chi connectivity index (χ4n) is 2.65. The molecular formula is C18H24N4O2. The predicted molar refractivity (Wildman–Crippen MR) is 93.3 cm³/mol. The van der Waals surface area contributed by atoms with Gasteiger partial charge in [-0.25, -0.2) is 0 Å². The molecule has 0 spiro atoms. The fourth-order valence-corrected chi connectivity index (χ4v) is 2.65. The van der Waals surface area contributed by atoms with Gasteiger partial charge in [0.15, 0.2) is 0 Å². The van der Waals surface area contributed by atoms with Crippen LogP contribution in [0.4, 0.5) is 5.69 Å². The van der Waals surface area contributed by atoms with Crippen molar-refractivity contribution in [2.45, 2.75) is 13.8 Å². The number of rotatable bonds is 5. The Morgan fingerprint density at radius 1 is 1.33 bits per heavy atom. The van der Waals surface area contributed by atoms with Crippen molar-refractivity contribution in [1.29, 1.82) is 5.26 Å². The molecule has 0 atom stereocenters. The second-order valence-electron chi connectivity index (χ2n) is 5.96. The van der Waals surface area contributed by atoms with Gasteiger partial charge in [-0.1, -0.05) is 12.1 Å². The summed E-state index contributed by atoms with van der Waals surface area (Å²) in [5.41, 5.74) is 2.93. The number of hydrogen-bond donors (Lipinski definition) is 2. The maximum absolute atomic E-state index is 12.4. The van der Waals surface area contributed by atoms with E-state index < -0.39 is 0 Å². The van der Waals surface area contributed by atoms with E-state index in [0.717, 1.165) is 43.0 Å². The van der Waals surface area contributed by atoms with Gasteiger partial charge in [-0.15, -0.1) is 0 Å². The van der Waals surface area contributed by atoms with E-state index in [2.05, 4.69) is 10.2 Å². The first kappa shape index (κ1) is 18.0. The van der Waals surface area contributed by atoms with Crippen molar-refractivity contribution in [2.24, 2.45) is 0 Å². The number of carbonyl (C=O) groups is 1. The van der Waals surface area contributed by atoms with Gasteiger partial charge in [-0.05, 0) is 31.0 Å². The zero-order valence-corrected chi connectivity index (χ0v) is 14.2. The molecule has 1 aromatic rings. The van der Waals surface area contributed by atoms with Crippen LogP contribution in [0.25, 0.3) is 0 Å². The minimum Gasteiger partial charge on any atom is -0.395 e. The third-order valence-electron chi connectivity index (χ3n) is 4.35. The molecule has 1 amide bonds. The first-order valence-corrected chi connectivity index (χ1v) is 8.12. The number of nitrogens with zero attached hydrogens (tertiary/aromatic N) is 3. The molecule has 2 N–H and O–H groups in total. The molecule has 0 aliphatic carbocycles. The highest BCUT2D eigenvalue weighted by Crippen LogP contribution is 2.18. The molecule has 0 saturated carbocycles. The van der Waals surface area contributed by atoms with Crippen LogP contribution in [0.3, 0.4) is 0 Å². The second kappa shape index (κ2) is 8.48. The number of anilines is 1. The van der Waals surface area contributed by atoms with Gasteiger partial charge in [0.1, 0.15) is 11.6 Å². The minimum atomic E-state index is -0.385. The van der Waals surface area contributed by atoms with Crippen molar-refractivity contribution < 1.29 is 9.90 Å². The lowest BCUT2D eigenvalue weighted by molar-refractivity contribution is -0.112. The molecule has 1 heterocycles. The Labute approximate surface area is 143 Å². The summed E-state index contributed by atoms with van der Waals surface area (Å²) in [6.45, 7) is 7.85. The number of β-amino-alcohol motifs (C(OH)–C–C–N with tert-alkyl or cyclic N) is 1. The lowest BCUT2D eigenvalue weighted by Crippen LogP contribution is -2.45. The zero-order valence-electron chi connectivity index (χ0n) is 14.2. The van der Waals surface area contributed by atoms with Crippen LogP contribution in [0.15, 0.2) is 30.0 Å². The molecule has 1 aliphatic rings. The van der Waals surface area contributed by atoms with Crippen molar-refractivity contribution in [3.8, 4) is 6.07 Å². The Morgan fingerprint density at radius 3 is 2.67 bits per heavy atom. The first-order chi connectivity index (χ1) is 11.5. The van der Waals surface area contributed by atoms with Crippen molar-refractivity contribution in [3.63, 3.8) is 0 Å². The normalized spacial score (nSPS) is 15.9. The van der Waals surface area contributed by atoms with E-state index in [0.29, 0.717) is 6.54 Å². The number of aryl methyl sites for hydroxylation is 1. The Hall–Kier alpha value is -2.36. The van der Waals surface area contributed by atoms with Gasteiger partial charge < -0.3 is 15.3 Å². The lowest BCUT2D eigenvalue weighted by Gasteiger charge is -2.33. The summed E-state index contributed by atoms with van der Waals surface area (Å²) in [6.07, 6.45) is 1.64. The Morgan fingerprint density at radius 2 is 2.04 bits per heavy atom. The van der Waals surface area contributed by atoms with E-state index in [1.165, 1.54) is 0 Å². The molecule has 1 aromatic carbocycles. The lowest BCUT2D eigenvalue weighted by atomic mass is 10.1. The van der Waals surface area contributed by atoms with Crippen LogP contribution >= 0.6 is 0 Å². The largest absolute Gasteiger partial charge is 0.395 e. The average molecular weight is 328 g/mol. The van der Waals surface area contributed by atoms with Gasteiger partial charge in [0.25, 0.3) is 5.91 Å². The number of piperazine rings is 1. The summed E-state index contributed by atoms with van der Waals surface area (Å²) in [7, 11) is 0. The number of benzene rings is 1. The number of aliphatic hydroxyl groups excluding tert-OH is 1. The maximum Gasteiger partial charge on any atom is 0.267 e. The maximum atomic E-state index is 12.4. The van der Waals surface area contributed by atoms with Crippen molar-refractivity contribution in [1.82, 2.24) is 9.80 Å². The van der Waals surface area contributed by atoms with Gasteiger partial charge in [0.2, 0.25) is 0 Å². The van der Waals surface area contributed by atoms with Crippen LogP contribution in [0.2, 0.25) is 0 Å². The van der Waals surface area contributed by atoms with E-state index in [1.807, 2.05) is 43.0 Å². The molecule has 24 heavy (non-hydrogen) atoms. The number of nitriles is 1. The van der Waals surface area contributed by atoms with Crippen molar-refractivity contribution in [2.75, 3.05) is 44.6 Å². The first-order valence-electron chi connectivity index (χ1n) is 8.12. The number of carbonyl (C=O) groups excluding carboxylic acids is 1. The summed E-state index contributed by atoms with van der Waals surface area (Å²) >= 11 is 0. The third-order valence-corrected chi connectivity index (χ3v) is 4.35. The smallest absolute Gasteiger partial charge is 0.267 e.